The van der Waals surface area contributed by atoms with Gasteiger partial charge in [0.05, 0.1) is 0 Å². The maximum Gasteiger partial charge on any atom is 0.166 e. The first-order valence-electron chi connectivity index (χ1n) is 6.14. The number of hydrogen-bond donors (Lipinski definition) is 1. The molecular formula is C13H16ClNO2. The third kappa shape index (κ3) is 1.87. The Morgan fingerprint density at radius 1 is 1.24 bits per heavy atom. The molecule has 2 N–H and O–H groups in total. The van der Waals surface area contributed by atoms with E-state index in [1.54, 1.807) is 0 Å². The molecular weight excluding hydrogens is 238 g/mol. The maximum absolute atomic E-state index is 6.33. The Balaban J connectivity index is 2.19. The molecule has 1 heterocycles. The molecule has 17 heavy (non-hydrogen) atoms. The average molecular weight is 254 g/mol. The Morgan fingerprint density at radius 3 is 2.94 bits per heavy atom. The molecule has 2 aliphatic rings. The summed E-state index contributed by atoms with van der Waals surface area (Å²) in [6.45, 7) is 1.17. The summed E-state index contributed by atoms with van der Waals surface area (Å²) < 4.78 is 11.3. The van der Waals surface area contributed by atoms with Crippen molar-refractivity contribution in [1.82, 2.24) is 0 Å². The molecule has 0 unspecified atom stereocenters. The predicted octanol–water partition coefficient (Wildman–Crippen LogP) is 2.84. The molecule has 0 radical (unpaired) electrons. The van der Waals surface area contributed by atoms with Gasteiger partial charge in [0.25, 0.3) is 0 Å². The standard InChI is InChI=1S/C13H16ClNO2/c14-9-7-11-13(17-6-5-16-11)12-8(9)3-1-2-4-10(12)15/h7,10H,1-6,15H2/t10-/m0/s1. The lowest BCUT2D eigenvalue weighted by atomic mass is 9.97. The monoisotopic (exact) mass is 253 g/mol. The van der Waals surface area contributed by atoms with Crippen molar-refractivity contribution in [3.8, 4) is 11.5 Å². The zero-order chi connectivity index (χ0) is 11.8. The number of hydrogen-bond acceptors (Lipinski definition) is 3. The van der Waals surface area contributed by atoms with Gasteiger partial charge in [-0.3, -0.25) is 0 Å². The van der Waals surface area contributed by atoms with Crippen LogP contribution in [0.1, 0.15) is 36.4 Å². The van der Waals surface area contributed by atoms with E-state index in [-0.39, 0.29) is 6.04 Å². The first-order valence-corrected chi connectivity index (χ1v) is 6.51. The highest BCUT2D eigenvalue weighted by Crippen LogP contribution is 2.45. The zero-order valence-corrected chi connectivity index (χ0v) is 10.4. The van der Waals surface area contributed by atoms with E-state index < -0.39 is 0 Å². The summed E-state index contributed by atoms with van der Waals surface area (Å²) in [6, 6.07) is 1.88. The summed E-state index contributed by atoms with van der Waals surface area (Å²) in [7, 11) is 0. The summed E-state index contributed by atoms with van der Waals surface area (Å²) in [5.41, 5.74) is 8.47. The lowest BCUT2D eigenvalue weighted by Gasteiger charge is -2.25. The molecule has 3 rings (SSSR count). The Bertz CT molecular complexity index is 448. The van der Waals surface area contributed by atoms with Crippen molar-refractivity contribution in [2.75, 3.05) is 13.2 Å². The number of benzene rings is 1. The van der Waals surface area contributed by atoms with Crippen LogP contribution >= 0.6 is 11.6 Å². The van der Waals surface area contributed by atoms with Crippen molar-refractivity contribution >= 4 is 11.6 Å². The van der Waals surface area contributed by atoms with Crippen molar-refractivity contribution < 1.29 is 9.47 Å². The largest absolute Gasteiger partial charge is 0.486 e. The number of nitrogens with two attached hydrogens (primary N) is 1. The van der Waals surface area contributed by atoms with E-state index in [0.717, 1.165) is 53.3 Å². The van der Waals surface area contributed by atoms with Crippen LogP contribution in [-0.2, 0) is 6.42 Å². The topological polar surface area (TPSA) is 44.5 Å². The summed E-state index contributed by atoms with van der Waals surface area (Å²) >= 11 is 6.33. The van der Waals surface area contributed by atoms with Gasteiger partial charge in [0.15, 0.2) is 11.5 Å². The van der Waals surface area contributed by atoms with Crippen LogP contribution in [0.3, 0.4) is 0 Å². The first kappa shape index (κ1) is 11.2. The van der Waals surface area contributed by atoms with Crippen molar-refractivity contribution in [1.29, 1.82) is 0 Å². The molecule has 1 aliphatic heterocycles. The van der Waals surface area contributed by atoms with E-state index in [4.69, 9.17) is 26.8 Å². The first-order chi connectivity index (χ1) is 8.27. The lowest BCUT2D eigenvalue weighted by molar-refractivity contribution is 0.169. The second-order valence-corrected chi connectivity index (χ2v) is 5.03. The van der Waals surface area contributed by atoms with Crippen molar-refractivity contribution in [2.45, 2.75) is 31.7 Å². The van der Waals surface area contributed by atoms with Gasteiger partial charge in [-0.15, -0.1) is 0 Å². The van der Waals surface area contributed by atoms with Gasteiger partial charge in [-0.1, -0.05) is 18.0 Å². The number of halogens is 1. The summed E-state index contributed by atoms with van der Waals surface area (Å²) in [5, 5.41) is 0.765. The highest BCUT2D eigenvalue weighted by molar-refractivity contribution is 6.31. The fraction of sp³-hybridized carbons (Fsp3) is 0.538. The van der Waals surface area contributed by atoms with E-state index in [1.165, 1.54) is 0 Å². The second-order valence-electron chi connectivity index (χ2n) is 4.63. The fourth-order valence-electron chi connectivity index (χ4n) is 2.67. The van der Waals surface area contributed by atoms with Crippen molar-refractivity contribution in [3.63, 3.8) is 0 Å². The molecule has 1 aromatic rings. The summed E-state index contributed by atoms with van der Waals surface area (Å²) in [4.78, 5) is 0. The maximum atomic E-state index is 6.33. The molecule has 1 aromatic carbocycles. The van der Waals surface area contributed by atoms with Gasteiger partial charge >= 0.3 is 0 Å². The number of ether oxygens (including phenoxy) is 2. The van der Waals surface area contributed by atoms with Crippen LogP contribution in [0, 0.1) is 0 Å². The van der Waals surface area contributed by atoms with Crippen molar-refractivity contribution in [2.24, 2.45) is 5.73 Å². The van der Waals surface area contributed by atoms with Crippen LogP contribution in [0.15, 0.2) is 6.07 Å². The molecule has 1 aliphatic carbocycles. The molecule has 92 valence electrons. The zero-order valence-electron chi connectivity index (χ0n) is 9.67. The summed E-state index contributed by atoms with van der Waals surface area (Å²) in [5.74, 6) is 1.57. The van der Waals surface area contributed by atoms with Crippen LogP contribution in [0.4, 0.5) is 0 Å². The van der Waals surface area contributed by atoms with Gasteiger partial charge in [-0.25, -0.2) is 0 Å². The number of rotatable bonds is 0. The minimum absolute atomic E-state index is 0.0154. The SMILES string of the molecule is N[C@H]1CCCCc2c(Cl)cc3c(c21)OCCO3. The highest BCUT2D eigenvalue weighted by atomic mass is 35.5. The van der Waals surface area contributed by atoms with Crippen molar-refractivity contribution in [3.05, 3.63) is 22.2 Å². The van der Waals surface area contributed by atoms with Gasteiger partial charge in [0.1, 0.15) is 13.2 Å². The molecule has 0 aromatic heterocycles. The average Bonchev–Trinajstić information content (AvgIpc) is 2.52. The molecule has 4 heteroatoms. The van der Waals surface area contributed by atoms with E-state index in [9.17, 15) is 0 Å². The molecule has 0 amide bonds. The molecule has 3 nitrogen and oxygen atoms in total. The lowest BCUT2D eigenvalue weighted by Crippen LogP contribution is -2.20. The predicted molar refractivity (Wildman–Crippen MR) is 66.9 cm³/mol. The van der Waals surface area contributed by atoms with Gasteiger partial charge in [-0.2, -0.15) is 0 Å². The van der Waals surface area contributed by atoms with Crippen LogP contribution < -0.4 is 15.2 Å². The molecule has 1 atom stereocenters. The van der Waals surface area contributed by atoms with Gasteiger partial charge in [0.2, 0.25) is 0 Å². The quantitative estimate of drug-likeness (QED) is 0.723. The van der Waals surface area contributed by atoms with Crippen LogP contribution in [-0.4, -0.2) is 13.2 Å². The Labute approximate surface area is 106 Å². The highest BCUT2D eigenvalue weighted by Gasteiger charge is 2.27. The van der Waals surface area contributed by atoms with Gasteiger partial charge in [-0.05, 0) is 24.8 Å². The molecule has 0 fully saturated rings. The Morgan fingerprint density at radius 2 is 2.06 bits per heavy atom. The molecule has 0 saturated heterocycles. The fourth-order valence-corrected chi connectivity index (χ4v) is 2.97. The normalized spacial score (nSPS) is 22.8. The van der Waals surface area contributed by atoms with Crippen LogP contribution in [0.5, 0.6) is 11.5 Å². The van der Waals surface area contributed by atoms with E-state index >= 15 is 0 Å². The number of fused-ring (bicyclic) bond motifs is 3. The van der Waals surface area contributed by atoms with Crippen LogP contribution in [0.25, 0.3) is 0 Å². The molecule has 0 saturated carbocycles. The van der Waals surface area contributed by atoms with Gasteiger partial charge < -0.3 is 15.2 Å². The minimum Gasteiger partial charge on any atom is -0.486 e. The van der Waals surface area contributed by atoms with E-state index in [0.29, 0.717) is 13.2 Å². The smallest absolute Gasteiger partial charge is 0.166 e. The van der Waals surface area contributed by atoms with E-state index in [2.05, 4.69) is 0 Å². The van der Waals surface area contributed by atoms with E-state index in [1.807, 2.05) is 6.07 Å². The molecule has 0 bridgehead atoms. The summed E-state index contributed by atoms with van der Waals surface area (Å²) in [6.07, 6.45) is 4.25. The van der Waals surface area contributed by atoms with Gasteiger partial charge in [0, 0.05) is 22.7 Å². The third-order valence-electron chi connectivity index (χ3n) is 3.49. The third-order valence-corrected chi connectivity index (χ3v) is 3.83. The van der Waals surface area contributed by atoms with Crippen LogP contribution in [0.2, 0.25) is 5.02 Å². The molecule has 0 spiro atoms. The minimum atomic E-state index is 0.0154. The second kappa shape index (κ2) is 4.39. The Hall–Kier alpha value is -0.930. The Kier molecular flexibility index (Phi) is 2.89.